The lowest BCUT2D eigenvalue weighted by atomic mass is 10.1. The van der Waals surface area contributed by atoms with Gasteiger partial charge in [-0.2, -0.15) is 0 Å². The Kier molecular flexibility index (Phi) is 5.83. The number of benzene rings is 3. The molecule has 3 aromatic carbocycles. The van der Waals surface area contributed by atoms with E-state index in [9.17, 15) is 4.79 Å². The van der Waals surface area contributed by atoms with E-state index in [1.54, 1.807) is 4.90 Å². The lowest BCUT2D eigenvalue weighted by Crippen LogP contribution is -2.48. The smallest absolute Gasteiger partial charge is 0.410 e. The van der Waals surface area contributed by atoms with Crippen molar-refractivity contribution < 1.29 is 9.53 Å². The summed E-state index contributed by atoms with van der Waals surface area (Å²) in [5.41, 5.74) is 5.79. The number of para-hydroxylation sites is 2. The van der Waals surface area contributed by atoms with Gasteiger partial charge in [0.05, 0.1) is 11.4 Å². The second-order valence-corrected chi connectivity index (χ2v) is 8.13. The maximum Gasteiger partial charge on any atom is 0.410 e. The fraction of sp³-hybridized carbons (Fsp3) is 0.269. The van der Waals surface area contributed by atoms with Crippen LogP contribution < -0.4 is 15.1 Å². The molecule has 1 amide bonds. The van der Waals surface area contributed by atoms with Crippen molar-refractivity contribution in [3.8, 4) is 0 Å². The molecule has 2 aliphatic heterocycles. The second-order valence-electron chi connectivity index (χ2n) is 8.13. The number of hydrogen-bond acceptors (Lipinski definition) is 5. The highest BCUT2D eigenvalue weighted by atomic mass is 16.6. The van der Waals surface area contributed by atoms with E-state index in [-0.39, 0.29) is 6.09 Å². The van der Waals surface area contributed by atoms with Crippen LogP contribution in [0, 0.1) is 0 Å². The van der Waals surface area contributed by atoms with Gasteiger partial charge >= 0.3 is 6.09 Å². The van der Waals surface area contributed by atoms with Gasteiger partial charge in [0.25, 0.3) is 0 Å². The number of amides is 1. The third kappa shape index (κ3) is 4.35. The van der Waals surface area contributed by atoms with Crippen molar-refractivity contribution in [2.75, 3.05) is 54.4 Å². The maximum absolute atomic E-state index is 12.4. The summed E-state index contributed by atoms with van der Waals surface area (Å²) < 4.78 is 5.48. The first-order valence-electron chi connectivity index (χ1n) is 11.2. The molecule has 1 N–H and O–H groups in total. The fourth-order valence-electron chi connectivity index (χ4n) is 4.35. The van der Waals surface area contributed by atoms with Crippen molar-refractivity contribution in [1.82, 2.24) is 4.90 Å². The van der Waals surface area contributed by atoms with Crippen molar-refractivity contribution >= 4 is 28.8 Å². The number of anilines is 4. The largest absolute Gasteiger partial charge is 0.445 e. The number of piperazine rings is 1. The van der Waals surface area contributed by atoms with Gasteiger partial charge in [0.2, 0.25) is 0 Å². The van der Waals surface area contributed by atoms with Crippen LogP contribution in [0.1, 0.15) is 5.56 Å². The van der Waals surface area contributed by atoms with E-state index in [2.05, 4.69) is 63.6 Å². The molecule has 6 nitrogen and oxygen atoms in total. The minimum atomic E-state index is -0.235. The molecule has 5 rings (SSSR count). The van der Waals surface area contributed by atoms with E-state index < -0.39 is 0 Å². The summed E-state index contributed by atoms with van der Waals surface area (Å²) in [6.45, 7) is 5.13. The predicted molar refractivity (Wildman–Crippen MR) is 129 cm³/mol. The number of rotatable bonds is 4. The molecule has 0 aliphatic carbocycles. The average molecular weight is 429 g/mol. The first-order chi connectivity index (χ1) is 15.8. The highest BCUT2D eigenvalue weighted by molar-refractivity contribution is 5.79. The van der Waals surface area contributed by atoms with Gasteiger partial charge in [-0.1, -0.05) is 42.5 Å². The van der Waals surface area contributed by atoms with Gasteiger partial charge in [0.15, 0.2) is 0 Å². The van der Waals surface area contributed by atoms with Crippen LogP contribution in [0.3, 0.4) is 0 Å². The first kappa shape index (κ1) is 20.2. The summed E-state index contributed by atoms with van der Waals surface area (Å²) in [6, 6.07) is 27.0. The van der Waals surface area contributed by atoms with Gasteiger partial charge in [-0.15, -0.1) is 0 Å². The Morgan fingerprint density at radius 1 is 0.781 bits per heavy atom. The first-order valence-corrected chi connectivity index (χ1v) is 11.2. The monoisotopic (exact) mass is 428 g/mol. The molecule has 0 unspecified atom stereocenters. The summed E-state index contributed by atoms with van der Waals surface area (Å²) >= 11 is 0. The van der Waals surface area contributed by atoms with Crippen LogP contribution in [0.25, 0.3) is 0 Å². The quantitative estimate of drug-likeness (QED) is 0.652. The zero-order valence-electron chi connectivity index (χ0n) is 18.1. The average Bonchev–Trinajstić information content (AvgIpc) is 2.88. The molecule has 0 saturated carbocycles. The lowest BCUT2D eigenvalue weighted by molar-refractivity contribution is 0.0942. The SMILES string of the molecule is O=C(OCc1ccccc1)N1CCN(c2ccc(N3CCNc4ccccc43)cc2)CC1. The maximum atomic E-state index is 12.4. The van der Waals surface area contributed by atoms with E-state index in [1.165, 1.54) is 22.7 Å². The van der Waals surface area contributed by atoms with Gasteiger partial charge in [0.1, 0.15) is 6.61 Å². The Hall–Kier alpha value is -3.67. The Labute approximate surface area is 189 Å². The lowest BCUT2D eigenvalue weighted by Gasteiger charge is -2.36. The van der Waals surface area contributed by atoms with Crippen molar-refractivity contribution in [2.45, 2.75) is 6.61 Å². The Balaban J connectivity index is 1.17. The zero-order valence-corrected chi connectivity index (χ0v) is 18.1. The molecule has 2 heterocycles. The van der Waals surface area contributed by atoms with Crippen LogP contribution in [-0.2, 0) is 11.3 Å². The van der Waals surface area contributed by atoms with Crippen LogP contribution in [0.5, 0.6) is 0 Å². The molecule has 6 heteroatoms. The van der Waals surface area contributed by atoms with E-state index in [1.807, 2.05) is 30.3 Å². The molecule has 0 atom stereocenters. The van der Waals surface area contributed by atoms with Gasteiger partial charge in [-0.3, -0.25) is 0 Å². The van der Waals surface area contributed by atoms with Crippen LogP contribution in [-0.4, -0.2) is 50.3 Å². The fourth-order valence-corrected chi connectivity index (χ4v) is 4.35. The highest BCUT2D eigenvalue weighted by Crippen LogP contribution is 2.35. The number of ether oxygens (including phenoxy) is 1. The van der Waals surface area contributed by atoms with E-state index in [4.69, 9.17) is 4.74 Å². The van der Waals surface area contributed by atoms with Gasteiger partial charge < -0.3 is 24.8 Å². The van der Waals surface area contributed by atoms with E-state index in [0.717, 1.165) is 31.7 Å². The van der Waals surface area contributed by atoms with Crippen LogP contribution >= 0.6 is 0 Å². The Bertz CT molecular complexity index is 1050. The third-order valence-electron chi connectivity index (χ3n) is 6.12. The number of hydrogen-bond donors (Lipinski definition) is 1. The molecular formula is C26H28N4O2. The van der Waals surface area contributed by atoms with Crippen molar-refractivity contribution in [3.05, 3.63) is 84.4 Å². The predicted octanol–water partition coefficient (Wildman–Crippen LogP) is 4.71. The topological polar surface area (TPSA) is 48.1 Å². The molecule has 0 spiro atoms. The van der Waals surface area contributed by atoms with Crippen molar-refractivity contribution in [3.63, 3.8) is 0 Å². The number of carbonyl (C=O) groups excluding carboxylic acids is 1. The standard InChI is InChI=1S/C26H28N4O2/c31-26(32-20-21-6-2-1-3-7-21)29-18-16-28(17-19-29)22-10-12-23(13-11-22)30-15-14-27-24-8-4-5-9-25(24)30/h1-13,27H,14-20H2. The number of nitrogens with zero attached hydrogens (tertiary/aromatic N) is 3. The molecule has 1 fully saturated rings. The highest BCUT2D eigenvalue weighted by Gasteiger charge is 2.23. The Morgan fingerprint density at radius 2 is 1.47 bits per heavy atom. The summed E-state index contributed by atoms with van der Waals surface area (Å²) in [7, 11) is 0. The molecule has 3 aromatic rings. The van der Waals surface area contributed by atoms with Crippen molar-refractivity contribution in [2.24, 2.45) is 0 Å². The zero-order chi connectivity index (χ0) is 21.8. The summed E-state index contributed by atoms with van der Waals surface area (Å²) in [5.74, 6) is 0. The summed E-state index contributed by atoms with van der Waals surface area (Å²) in [5, 5.41) is 3.46. The molecule has 2 aliphatic rings. The van der Waals surface area contributed by atoms with E-state index in [0.29, 0.717) is 19.7 Å². The van der Waals surface area contributed by atoms with Crippen molar-refractivity contribution in [1.29, 1.82) is 0 Å². The molecule has 1 saturated heterocycles. The van der Waals surface area contributed by atoms with Gasteiger partial charge in [-0.05, 0) is 42.0 Å². The summed E-state index contributed by atoms with van der Waals surface area (Å²) in [4.78, 5) is 18.9. The molecule has 32 heavy (non-hydrogen) atoms. The molecule has 0 radical (unpaired) electrons. The van der Waals surface area contributed by atoms with Gasteiger partial charge in [-0.25, -0.2) is 4.79 Å². The Morgan fingerprint density at radius 3 is 2.25 bits per heavy atom. The third-order valence-corrected chi connectivity index (χ3v) is 6.12. The molecular weight excluding hydrogens is 400 g/mol. The van der Waals surface area contributed by atoms with Crippen LogP contribution in [0.4, 0.5) is 27.5 Å². The van der Waals surface area contributed by atoms with Gasteiger partial charge in [0, 0.05) is 50.6 Å². The van der Waals surface area contributed by atoms with E-state index >= 15 is 0 Å². The minimum absolute atomic E-state index is 0.235. The summed E-state index contributed by atoms with van der Waals surface area (Å²) in [6.07, 6.45) is -0.235. The normalized spacial score (nSPS) is 15.7. The molecule has 0 aromatic heterocycles. The van der Waals surface area contributed by atoms with Crippen LogP contribution in [0.15, 0.2) is 78.9 Å². The second kappa shape index (κ2) is 9.22. The molecule has 164 valence electrons. The minimum Gasteiger partial charge on any atom is -0.445 e. The number of nitrogens with one attached hydrogen (secondary N) is 1. The number of fused-ring (bicyclic) bond motifs is 1. The number of carbonyl (C=O) groups is 1. The molecule has 0 bridgehead atoms. The van der Waals surface area contributed by atoms with Crippen LogP contribution in [0.2, 0.25) is 0 Å².